The second-order valence-corrected chi connectivity index (χ2v) is 11.2. The molecule has 0 bridgehead atoms. The van der Waals surface area contributed by atoms with Crippen LogP contribution in [-0.4, -0.2) is 43.4 Å². The molecule has 3 amide bonds. The number of aromatic nitrogens is 4. The lowest BCUT2D eigenvalue weighted by atomic mass is 10.1. The van der Waals surface area contributed by atoms with E-state index in [2.05, 4.69) is 41.2 Å². The largest absolute Gasteiger partial charge is 0.444 e. The van der Waals surface area contributed by atoms with Crippen LogP contribution in [0.15, 0.2) is 97.6 Å². The van der Waals surface area contributed by atoms with Gasteiger partial charge in [0.2, 0.25) is 5.95 Å². The Morgan fingerprint density at radius 1 is 0.739 bits per heavy atom. The van der Waals surface area contributed by atoms with E-state index in [1.165, 1.54) is 18.3 Å². The van der Waals surface area contributed by atoms with Crippen LogP contribution in [0.4, 0.5) is 33.5 Å². The number of carbonyl (C=O) groups excluding carboxylic acids is 3. The van der Waals surface area contributed by atoms with E-state index < -0.39 is 23.5 Å². The van der Waals surface area contributed by atoms with Crippen molar-refractivity contribution in [3.63, 3.8) is 0 Å². The lowest BCUT2D eigenvalue weighted by Gasteiger charge is -2.20. The van der Waals surface area contributed by atoms with Crippen molar-refractivity contribution in [1.29, 1.82) is 0 Å². The molecular formula is C34H32N8O4. The van der Waals surface area contributed by atoms with Gasteiger partial charge in [-0.1, -0.05) is 18.2 Å². The monoisotopic (exact) mass is 616 g/mol. The lowest BCUT2D eigenvalue weighted by Crippen LogP contribution is -2.27. The predicted molar refractivity (Wildman–Crippen MR) is 176 cm³/mol. The molecule has 12 nitrogen and oxygen atoms in total. The average Bonchev–Trinajstić information content (AvgIpc) is 3.03. The highest BCUT2D eigenvalue weighted by Gasteiger charge is 2.18. The number of pyridine rings is 2. The molecule has 0 saturated heterocycles. The molecule has 0 atom stereocenters. The molecule has 232 valence electrons. The van der Waals surface area contributed by atoms with Crippen molar-refractivity contribution < 1.29 is 19.1 Å². The molecule has 46 heavy (non-hydrogen) atoms. The first-order valence-electron chi connectivity index (χ1n) is 14.3. The molecule has 3 heterocycles. The van der Waals surface area contributed by atoms with Crippen molar-refractivity contribution in [2.45, 2.75) is 33.3 Å². The second kappa shape index (κ2) is 13.6. The molecular weight excluding hydrogens is 584 g/mol. The minimum atomic E-state index is -0.679. The molecule has 4 N–H and O–H groups in total. The molecule has 12 heteroatoms. The van der Waals surface area contributed by atoms with Gasteiger partial charge in [-0.15, -0.1) is 0 Å². The zero-order valence-electron chi connectivity index (χ0n) is 25.7. The second-order valence-electron chi connectivity index (χ2n) is 11.2. The topological polar surface area (TPSA) is 160 Å². The van der Waals surface area contributed by atoms with Gasteiger partial charge < -0.3 is 20.7 Å². The number of carbonyl (C=O) groups is 3. The Labute approximate surface area is 265 Å². The minimum absolute atomic E-state index is 0.0824. The predicted octanol–water partition coefficient (Wildman–Crippen LogP) is 6.84. The van der Waals surface area contributed by atoms with Crippen LogP contribution in [0.25, 0.3) is 11.3 Å². The van der Waals surface area contributed by atoms with Gasteiger partial charge in [0.05, 0.1) is 22.6 Å². The van der Waals surface area contributed by atoms with Crippen molar-refractivity contribution in [3.05, 3.63) is 114 Å². The summed E-state index contributed by atoms with van der Waals surface area (Å²) in [4.78, 5) is 55.4. The Balaban J connectivity index is 1.23. The van der Waals surface area contributed by atoms with Crippen LogP contribution in [-0.2, 0) is 4.74 Å². The van der Waals surface area contributed by atoms with Gasteiger partial charge >= 0.3 is 6.09 Å². The van der Waals surface area contributed by atoms with E-state index in [9.17, 15) is 14.4 Å². The standard InChI is InChI=1S/C34H32N8O4/c1-21-11-13-24(18-29(21)41-32-36-17-15-25(40-32)22-8-7-16-35-19-22)38-30(43)23-12-14-28(37-20-23)31(44)39-26-9-5-6-10-27(26)42-33(45)46-34(2,3)4/h5-20H,1-4H3,(H,38,43)(H,39,44)(H,42,45)(H,36,40,41). The number of anilines is 5. The molecule has 0 fully saturated rings. The van der Waals surface area contributed by atoms with E-state index in [1.54, 1.807) is 81.8 Å². The summed E-state index contributed by atoms with van der Waals surface area (Å²) in [5.41, 5.74) is 4.15. The highest BCUT2D eigenvalue weighted by molar-refractivity contribution is 6.07. The van der Waals surface area contributed by atoms with Gasteiger partial charge in [0, 0.05) is 41.7 Å². The van der Waals surface area contributed by atoms with Gasteiger partial charge in [-0.05, 0) is 87.9 Å². The van der Waals surface area contributed by atoms with E-state index >= 15 is 0 Å². The minimum Gasteiger partial charge on any atom is -0.444 e. The summed E-state index contributed by atoms with van der Waals surface area (Å²) in [7, 11) is 0. The van der Waals surface area contributed by atoms with Crippen LogP contribution >= 0.6 is 0 Å². The van der Waals surface area contributed by atoms with Crippen LogP contribution in [0, 0.1) is 6.92 Å². The number of hydrogen-bond donors (Lipinski definition) is 4. The highest BCUT2D eigenvalue weighted by atomic mass is 16.6. The summed E-state index contributed by atoms with van der Waals surface area (Å²) in [6, 6.07) is 20.7. The van der Waals surface area contributed by atoms with Crippen molar-refractivity contribution in [1.82, 2.24) is 19.9 Å². The summed E-state index contributed by atoms with van der Waals surface area (Å²) in [5, 5.41) is 11.5. The maximum atomic E-state index is 13.0. The van der Waals surface area contributed by atoms with E-state index in [0.29, 0.717) is 28.7 Å². The fourth-order valence-corrected chi connectivity index (χ4v) is 4.22. The molecule has 0 unspecified atom stereocenters. The summed E-state index contributed by atoms with van der Waals surface area (Å²) in [6.07, 6.45) is 5.76. The normalized spacial score (nSPS) is 10.9. The SMILES string of the molecule is Cc1ccc(NC(=O)c2ccc(C(=O)Nc3ccccc3NC(=O)OC(C)(C)C)nc2)cc1Nc1nccc(-c2cccnc2)n1. The van der Waals surface area contributed by atoms with E-state index in [4.69, 9.17) is 4.74 Å². The molecule has 0 aliphatic carbocycles. The smallest absolute Gasteiger partial charge is 0.412 e. The van der Waals surface area contributed by atoms with Gasteiger partial charge in [0.1, 0.15) is 11.3 Å². The van der Waals surface area contributed by atoms with Gasteiger partial charge in [-0.3, -0.25) is 24.9 Å². The van der Waals surface area contributed by atoms with Crippen molar-refractivity contribution in [3.8, 4) is 11.3 Å². The molecule has 0 aliphatic heterocycles. The first kappa shape index (κ1) is 31.3. The van der Waals surface area contributed by atoms with Crippen molar-refractivity contribution >= 4 is 46.6 Å². The number of rotatable bonds is 8. The van der Waals surface area contributed by atoms with Crippen LogP contribution in [0.3, 0.4) is 0 Å². The lowest BCUT2D eigenvalue weighted by molar-refractivity contribution is 0.0635. The number of para-hydroxylation sites is 2. The zero-order valence-corrected chi connectivity index (χ0v) is 25.7. The highest BCUT2D eigenvalue weighted by Crippen LogP contribution is 2.25. The van der Waals surface area contributed by atoms with Crippen LogP contribution in [0.5, 0.6) is 0 Å². The molecule has 0 spiro atoms. The van der Waals surface area contributed by atoms with E-state index in [0.717, 1.165) is 16.8 Å². The van der Waals surface area contributed by atoms with Crippen LogP contribution < -0.4 is 21.3 Å². The fraction of sp³-hybridized carbons (Fsp3) is 0.147. The maximum absolute atomic E-state index is 13.0. The average molecular weight is 617 g/mol. The molecule has 2 aromatic carbocycles. The summed E-state index contributed by atoms with van der Waals surface area (Å²) >= 11 is 0. The Morgan fingerprint density at radius 3 is 2.22 bits per heavy atom. The van der Waals surface area contributed by atoms with Crippen molar-refractivity contribution in [2.24, 2.45) is 0 Å². The van der Waals surface area contributed by atoms with Crippen molar-refractivity contribution in [2.75, 3.05) is 21.3 Å². The molecule has 5 aromatic rings. The van der Waals surface area contributed by atoms with Crippen LogP contribution in [0.1, 0.15) is 47.2 Å². The van der Waals surface area contributed by atoms with Crippen LogP contribution in [0.2, 0.25) is 0 Å². The molecule has 3 aromatic heterocycles. The fourth-order valence-electron chi connectivity index (χ4n) is 4.22. The number of ether oxygens (including phenoxy) is 1. The molecule has 0 radical (unpaired) electrons. The molecule has 0 aliphatic rings. The first-order chi connectivity index (χ1) is 22.0. The molecule has 5 rings (SSSR count). The Hall–Kier alpha value is -6.17. The number of aryl methyl sites for hydroxylation is 1. The zero-order chi connectivity index (χ0) is 32.7. The number of nitrogens with one attached hydrogen (secondary N) is 4. The Morgan fingerprint density at radius 2 is 1.52 bits per heavy atom. The maximum Gasteiger partial charge on any atom is 0.412 e. The third-order valence-electron chi connectivity index (χ3n) is 6.42. The van der Waals surface area contributed by atoms with Gasteiger partial charge in [0.15, 0.2) is 0 Å². The van der Waals surface area contributed by atoms with E-state index in [1.807, 2.05) is 25.1 Å². The summed E-state index contributed by atoms with van der Waals surface area (Å²) < 4.78 is 5.30. The summed E-state index contributed by atoms with van der Waals surface area (Å²) in [6.45, 7) is 7.20. The van der Waals surface area contributed by atoms with Gasteiger partial charge in [-0.25, -0.2) is 14.8 Å². The quantitative estimate of drug-likeness (QED) is 0.146. The third kappa shape index (κ3) is 8.26. The van der Waals surface area contributed by atoms with Gasteiger partial charge in [-0.2, -0.15) is 0 Å². The summed E-state index contributed by atoms with van der Waals surface area (Å²) in [5.74, 6) is -0.528. The first-order valence-corrected chi connectivity index (χ1v) is 14.3. The number of benzene rings is 2. The number of hydrogen-bond acceptors (Lipinski definition) is 9. The Bertz CT molecular complexity index is 1870. The Kier molecular flexibility index (Phi) is 9.27. The van der Waals surface area contributed by atoms with Gasteiger partial charge in [0.25, 0.3) is 11.8 Å². The number of amides is 3. The number of nitrogens with zero attached hydrogens (tertiary/aromatic N) is 4. The molecule has 0 saturated carbocycles. The van der Waals surface area contributed by atoms with E-state index in [-0.39, 0.29) is 11.3 Å². The third-order valence-corrected chi connectivity index (χ3v) is 6.42.